The number of carbonyl (C=O) groups is 2. The van der Waals surface area contributed by atoms with Crippen LogP contribution in [0.3, 0.4) is 0 Å². The predicted octanol–water partition coefficient (Wildman–Crippen LogP) is -1.05. The fourth-order valence-corrected chi connectivity index (χ4v) is 2.91. The number of ether oxygens (including phenoxy) is 1. The Balaban J connectivity index is 1.84. The monoisotopic (exact) mass is 349 g/mol. The van der Waals surface area contributed by atoms with E-state index in [4.69, 9.17) is 4.74 Å². The standard InChI is InChI=1S/C18H28N4O3/c1-19(2)17(23)13-20(3)18(24)14-21-9-11-22(12-10-21)15-7-5-6-8-16(15)25-4/h5-8H,9-14H2,1-4H3/p+1. The molecule has 0 atom stereocenters. The summed E-state index contributed by atoms with van der Waals surface area (Å²) in [5.41, 5.74) is 1.10. The number of piperazine rings is 1. The molecular formula is C18H29N4O3+. The molecule has 0 unspecified atom stereocenters. The summed E-state index contributed by atoms with van der Waals surface area (Å²) in [6.07, 6.45) is 0. The number of hydrogen-bond acceptors (Lipinski definition) is 4. The van der Waals surface area contributed by atoms with Crippen molar-refractivity contribution < 1.29 is 19.2 Å². The molecule has 1 N–H and O–H groups in total. The fourth-order valence-electron chi connectivity index (χ4n) is 2.91. The zero-order valence-corrected chi connectivity index (χ0v) is 15.6. The number of carbonyl (C=O) groups excluding carboxylic acids is 2. The van der Waals surface area contributed by atoms with E-state index >= 15 is 0 Å². The van der Waals surface area contributed by atoms with Crippen LogP contribution in [0.1, 0.15) is 0 Å². The molecule has 1 aliphatic rings. The molecule has 0 aromatic heterocycles. The fraction of sp³-hybridized carbons (Fsp3) is 0.556. The van der Waals surface area contributed by atoms with Gasteiger partial charge in [-0.2, -0.15) is 0 Å². The van der Waals surface area contributed by atoms with Gasteiger partial charge in [0.05, 0.1) is 45.5 Å². The first-order valence-electron chi connectivity index (χ1n) is 8.58. The summed E-state index contributed by atoms with van der Waals surface area (Å²) < 4.78 is 5.43. The third-order valence-electron chi connectivity index (χ3n) is 4.59. The molecule has 1 fully saturated rings. The van der Waals surface area contributed by atoms with Crippen molar-refractivity contribution in [1.82, 2.24) is 9.80 Å². The molecule has 7 nitrogen and oxygen atoms in total. The Morgan fingerprint density at radius 1 is 1.12 bits per heavy atom. The van der Waals surface area contributed by atoms with Crippen LogP contribution in [0.4, 0.5) is 5.69 Å². The van der Waals surface area contributed by atoms with Gasteiger partial charge in [-0.05, 0) is 12.1 Å². The van der Waals surface area contributed by atoms with Gasteiger partial charge in [-0.1, -0.05) is 12.1 Å². The van der Waals surface area contributed by atoms with Gasteiger partial charge < -0.3 is 24.3 Å². The maximum absolute atomic E-state index is 12.3. The third-order valence-corrected chi connectivity index (χ3v) is 4.59. The van der Waals surface area contributed by atoms with Gasteiger partial charge in [0.25, 0.3) is 5.91 Å². The zero-order valence-electron chi connectivity index (χ0n) is 15.6. The van der Waals surface area contributed by atoms with Gasteiger partial charge in [0.15, 0.2) is 6.54 Å². The number of quaternary nitrogens is 1. The largest absolute Gasteiger partial charge is 0.495 e. The minimum atomic E-state index is -0.0631. The molecule has 1 aromatic rings. The summed E-state index contributed by atoms with van der Waals surface area (Å²) in [7, 11) is 6.77. The molecule has 0 bridgehead atoms. The van der Waals surface area contributed by atoms with Crippen LogP contribution >= 0.6 is 0 Å². The lowest BCUT2D eigenvalue weighted by Gasteiger charge is -2.34. The summed E-state index contributed by atoms with van der Waals surface area (Å²) in [6.45, 7) is 4.09. The highest BCUT2D eigenvalue weighted by molar-refractivity contribution is 5.84. The lowest BCUT2D eigenvalue weighted by molar-refractivity contribution is -0.892. The molecule has 1 aliphatic heterocycles. The van der Waals surface area contributed by atoms with Crippen molar-refractivity contribution in [2.45, 2.75) is 0 Å². The van der Waals surface area contributed by atoms with Crippen LogP contribution in [0, 0.1) is 0 Å². The summed E-state index contributed by atoms with van der Waals surface area (Å²) in [4.78, 5) is 30.6. The summed E-state index contributed by atoms with van der Waals surface area (Å²) in [5.74, 6) is 0.826. The highest BCUT2D eigenvalue weighted by atomic mass is 16.5. The Morgan fingerprint density at radius 3 is 2.36 bits per heavy atom. The van der Waals surface area contributed by atoms with Crippen LogP contribution in [0.15, 0.2) is 24.3 Å². The molecule has 1 saturated heterocycles. The topological polar surface area (TPSA) is 57.5 Å². The number of likely N-dealkylation sites (N-methyl/N-ethyl adjacent to an activating group) is 2. The number of nitrogens with one attached hydrogen (secondary N) is 1. The number of rotatable bonds is 6. The molecule has 138 valence electrons. The van der Waals surface area contributed by atoms with Gasteiger partial charge in [-0.3, -0.25) is 9.59 Å². The Hall–Kier alpha value is -2.28. The average molecular weight is 349 g/mol. The van der Waals surface area contributed by atoms with Gasteiger partial charge in [0, 0.05) is 21.1 Å². The number of nitrogens with zero attached hydrogens (tertiary/aromatic N) is 3. The van der Waals surface area contributed by atoms with Crippen LogP contribution in [0.2, 0.25) is 0 Å². The number of anilines is 1. The van der Waals surface area contributed by atoms with Crippen LogP contribution in [-0.2, 0) is 9.59 Å². The molecule has 25 heavy (non-hydrogen) atoms. The molecular weight excluding hydrogens is 320 g/mol. The van der Waals surface area contributed by atoms with Crippen molar-refractivity contribution in [2.75, 3.05) is 72.4 Å². The quantitative estimate of drug-likeness (QED) is 0.712. The van der Waals surface area contributed by atoms with Crippen LogP contribution < -0.4 is 14.5 Å². The Labute approximate surface area is 149 Å². The van der Waals surface area contributed by atoms with Crippen molar-refractivity contribution in [3.8, 4) is 5.75 Å². The molecule has 2 rings (SSSR count). The molecule has 1 heterocycles. The van der Waals surface area contributed by atoms with Crippen molar-refractivity contribution in [3.05, 3.63) is 24.3 Å². The summed E-state index contributed by atoms with van der Waals surface area (Å²) in [5, 5.41) is 0. The number of amides is 2. The zero-order chi connectivity index (χ0) is 18.4. The van der Waals surface area contributed by atoms with Crippen molar-refractivity contribution >= 4 is 17.5 Å². The van der Waals surface area contributed by atoms with Crippen LogP contribution in [0.25, 0.3) is 0 Å². The second-order valence-electron chi connectivity index (χ2n) is 6.62. The van der Waals surface area contributed by atoms with E-state index in [0.717, 1.165) is 37.6 Å². The lowest BCUT2D eigenvalue weighted by atomic mass is 10.2. The molecule has 1 aromatic carbocycles. The Bertz CT molecular complexity index is 598. The maximum Gasteiger partial charge on any atom is 0.277 e. The molecule has 0 aliphatic carbocycles. The van der Waals surface area contributed by atoms with E-state index in [-0.39, 0.29) is 18.4 Å². The van der Waals surface area contributed by atoms with Gasteiger partial charge in [-0.25, -0.2) is 0 Å². The van der Waals surface area contributed by atoms with Gasteiger partial charge in [0.2, 0.25) is 5.91 Å². The number of benzene rings is 1. The average Bonchev–Trinajstić information content (AvgIpc) is 2.62. The van der Waals surface area contributed by atoms with Crippen LogP contribution in [-0.4, -0.2) is 89.1 Å². The van der Waals surface area contributed by atoms with Gasteiger partial charge >= 0.3 is 0 Å². The predicted molar refractivity (Wildman–Crippen MR) is 97.1 cm³/mol. The van der Waals surface area contributed by atoms with Gasteiger partial charge in [-0.15, -0.1) is 0 Å². The van der Waals surface area contributed by atoms with E-state index in [9.17, 15) is 9.59 Å². The SMILES string of the molecule is COc1ccccc1N1CC[NH+](CC(=O)N(C)CC(=O)N(C)C)CC1. The highest BCUT2D eigenvalue weighted by Gasteiger charge is 2.25. The maximum atomic E-state index is 12.3. The number of methoxy groups -OCH3 is 1. The molecule has 0 saturated carbocycles. The van der Waals surface area contributed by atoms with E-state index in [0.29, 0.717) is 6.54 Å². The molecule has 7 heteroatoms. The summed E-state index contributed by atoms with van der Waals surface area (Å²) >= 11 is 0. The van der Waals surface area contributed by atoms with E-state index in [1.807, 2.05) is 18.2 Å². The normalized spacial score (nSPS) is 15.0. The first kappa shape index (κ1) is 19.1. The third kappa shape index (κ3) is 5.09. The molecule has 0 spiro atoms. The highest BCUT2D eigenvalue weighted by Crippen LogP contribution is 2.27. The molecule has 2 amide bonds. The van der Waals surface area contributed by atoms with E-state index in [1.54, 1.807) is 28.3 Å². The smallest absolute Gasteiger partial charge is 0.277 e. The first-order valence-corrected chi connectivity index (χ1v) is 8.58. The Morgan fingerprint density at radius 2 is 1.76 bits per heavy atom. The van der Waals surface area contributed by atoms with E-state index < -0.39 is 0 Å². The minimum Gasteiger partial charge on any atom is -0.495 e. The van der Waals surface area contributed by atoms with E-state index in [1.165, 1.54) is 14.7 Å². The Kier molecular flexibility index (Phi) is 6.64. The minimum absolute atomic E-state index is 0.0101. The van der Waals surface area contributed by atoms with Crippen molar-refractivity contribution in [2.24, 2.45) is 0 Å². The van der Waals surface area contributed by atoms with Crippen molar-refractivity contribution in [3.63, 3.8) is 0 Å². The second-order valence-corrected chi connectivity index (χ2v) is 6.62. The number of hydrogen-bond donors (Lipinski definition) is 1. The lowest BCUT2D eigenvalue weighted by Crippen LogP contribution is -3.15. The second kappa shape index (κ2) is 8.71. The van der Waals surface area contributed by atoms with Crippen molar-refractivity contribution in [1.29, 1.82) is 0 Å². The molecule has 0 radical (unpaired) electrons. The first-order chi connectivity index (χ1) is 11.9. The number of para-hydroxylation sites is 2. The van der Waals surface area contributed by atoms with E-state index in [2.05, 4.69) is 11.0 Å². The van der Waals surface area contributed by atoms with Gasteiger partial charge in [0.1, 0.15) is 5.75 Å². The summed E-state index contributed by atoms with van der Waals surface area (Å²) in [6, 6.07) is 8.01. The van der Waals surface area contributed by atoms with Crippen LogP contribution in [0.5, 0.6) is 5.75 Å².